The molecule has 0 radical (unpaired) electrons. The standard InChI is InChI=1S/C17H20Cl2N2O/c18-13-4-12(20)5-14(19)15(13)21-16(22)17-6-9-1-10(7-17)3-11(2-9)8-17/h4-5,9-11H,1-3,6-8,20H2,(H,21,22). The van der Waals surface area contributed by atoms with Crippen molar-refractivity contribution in [1.82, 2.24) is 0 Å². The van der Waals surface area contributed by atoms with E-state index in [0.29, 0.717) is 21.4 Å². The highest BCUT2D eigenvalue weighted by molar-refractivity contribution is 6.40. The molecule has 0 aliphatic heterocycles. The van der Waals surface area contributed by atoms with E-state index in [1.54, 1.807) is 12.1 Å². The van der Waals surface area contributed by atoms with Gasteiger partial charge in [-0.1, -0.05) is 23.2 Å². The molecule has 0 atom stereocenters. The molecule has 1 amide bonds. The van der Waals surface area contributed by atoms with Gasteiger partial charge in [0.15, 0.2) is 0 Å². The molecular weight excluding hydrogens is 319 g/mol. The van der Waals surface area contributed by atoms with Crippen molar-refractivity contribution in [3.05, 3.63) is 22.2 Å². The second-order valence-corrected chi connectivity index (χ2v) is 8.33. The quantitative estimate of drug-likeness (QED) is 0.765. The second-order valence-electron chi connectivity index (χ2n) is 7.51. The molecule has 0 heterocycles. The summed E-state index contributed by atoms with van der Waals surface area (Å²) in [5, 5.41) is 3.82. The van der Waals surface area contributed by atoms with E-state index >= 15 is 0 Å². The molecule has 0 saturated heterocycles. The topological polar surface area (TPSA) is 55.1 Å². The summed E-state index contributed by atoms with van der Waals surface area (Å²) < 4.78 is 0. The number of rotatable bonds is 2. The highest BCUT2D eigenvalue weighted by Crippen LogP contribution is 2.60. The Morgan fingerprint density at radius 2 is 1.50 bits per heavy atom. The number of anilines is 2. The largest absolute Gasteiger partial charge is 0.399 e. The fourth-order valence-electron chi connectivity index (χ4n) is 5.35. The molecule has 4 fully saturated rings. The van der Waals surface area contributed by atoms with E-state index in [9.17, 15) is 4.79 Å². The van der Waals surface area contributed by atoms with E-state index in [4.69, 9.17) is 28.9 Å². The van der Waals surface area contributed by atoms with Crippen molar-refractivity contribution in [2.45, 2.75) is 38.5 Å². The van der Waals surface area contributed by atoms with Gasteiger partial charge in [-0.25, -0.2) is 0 Å². The number of benzene rings is 1. The maximum absolute atomic E-state index is 13.0. The molecule has 118 valence electrons. The van der Waals surface area contributed by atoms with Crippen LogP contribution in [0.4, 0.5) is 11.4 Å². The van der Waals surface area contributed by atoms with Gasteiger partial charge in [-0.3, -0.25) is 4.79 Å². The van der Waals surface area contributed by atoms with Crippen molar-refractivity contribution in [3.8, 4) is 0 Å². The average molecular weight is 339 g/mol. The molecule has 3 N–H and O–H groups in total. The average Bonchev–Trinajstić information content (AvgIpc) is 2.41. The third-order valence-electron chi connectivity index (χ3n) is 5.82. The zero-order chi connectivity index (χ0) is 15.5. The number of hydrogen-bond acceptors (Lipinski definition) is 2. The van der Waals surface area contributed by atoms with Gasteiger partial charge in [0.1, 0.15) is 0 Å². The number of carbonyl (C=O) groups excluding carboxylic acids is 1. The van der Waals surface area contributed by atoms with Crippen LogP contribution in [0.2, 0.25) is 10.0 Å². The smallest absolute Gasteiger partial charge is 0.230 e. The van der Waals surface area contributed by atoms with Crippen LogP contribution in [0, 0.1) is 23.2 Å². The first-order chi connectivity index (χ1) is 10.4. The summed E-state index contributed by atoms with van der Waals surface area (Å²) in [7, 11) is 0. The van der Waals surface area contributed by atoms with E-state index in [1.807, 2.05) is 0 Å². The second kappa shape index (κ2) is 5.04. The summed E-state index contributed by atoms with van der Waals surface area (Å²) in [6.07, 6.45) is 7.01. The summed E-state index contributed by atoms with van der Waals surface area (Å²) in [5.41, 5.74) is 6.52. The van der Waals surface area contributed by atoms with Gasteiger partial charge in [0.2, 0.25) is 5.91 Å². The lowest BCUT2D eigenvalue weighted by molar-refractivity contribution is -0.140. The molecule has 4 aliphatic rings. The molecule has 0 spiro atoms. The highest BCUT2D eigenvalue weighted by Gasteiger charge is 2.54. The van der Waals surface area contributed by atoms with Crippen molar-refractivity contribution < 1.29 is 4.79 Å². The predicted molar refractivity (Wildman–Crippen MR) is 90.1 cm³/mol. The molecule has 4 saturated carbocycles. The Morgan fingerprint density at radius 3 is 1.95 bits per heavy atom. The zero-order valence-corrected chi connectivity index (χ0v) is 13.9. The van der Waals surface area contributed by atoms with Crippen LogP contribution in [0.3, 0.4) is 0 Å². The van der Waals surface area contributed by atoms with E-state index in [0.717, 1.165) is 37.0 Å². The van der Waals surface area contributed by atoms with Crippen molar-refractivity contribution in [1.29, 1.82) is 0 Å². The summed E-state index contributed by atoms with van der Waals surface area (Å²) >= 11 is 12.4. The third-order valence-corrected chi connectivity index (χ3v) is 6.42. The van der Waals surface area contributed by atoms with Crippen LogP contribution in [0.15, 0.2) is 12.1 Å². The molecule has 4 bridgehead atoms. The first kappa shape index (κ1) is 14.6. The maximum Gasteiger partial charge on any atom is 0.230 e. The van der Waals surface area contributed by atoms with Crippen molar-refractivity contribution >= 4 is 40.5 Å². The lowest BCUT2D eigenvalue weighted by Crippen LogP contribution is -2.51. The summed E-state index contributed by atoms with van der Waals surface area (Å²) in [6.45, 7) is 0. The Kier molecular flexibility index (Phi) is 3.35. The van der Waals surface area contributed by atoms with E-state index < -0.39 is 0 Å². The Hall–Kier alpha value is -0.930. The van der Waals surface area contributed by atoms with E-state index in [2.05, 4.69) is 5.32 Å². The van der Waals surface area contributed by atoms with Crippen LogP contribution in [0.1, 0.15) is 38.5 Å². The van der Waals surface area contributed by atoms with Crippen molar-refractivity contribution in [2.24, 2.45) is 23.2 Å². The van der Waals surface area contributed by atoms with Crippen molar-refractivity contribution in [2.75, 3.05) is 11.1 Å². The Labute approximate surface area is 140 Å². The monoisotopic (exact) mass is 338 g/mol. The first-order valence-electron chi connectivity index (χ1n) is 8.01. The highest BCUT2D eigenvalue weighted by atomic mass is 35.5. The summed E-state index contributed by atoms with van der Waals surface area (Å²) in [5.74, 6) is 2.29. The number of nitrogens with one attached hydrogen (secondary N) is 1. The lowest BCUT2D eigenvalue weighted by atomic mass is 9.49. The predicted octanol–water partition coefficient (Wildman–Crippen LogP) is 4.73. The normalized spacial score (nSPS) is 35.6. The number of amides is 1. The van der Waals surface area contributed by atoms with Crippen LogP contribution >= 0.6 is 23.2 Å². The van der Waals surface area contributed by atoms with Crippen LogP contribution in [0.25, 0.3) is 0 Å². The van der Waals surface area contributed by atoms with Gasteiger partial charge in [-0.15, -0.1) is 0 Å². The van der Waals surface area contributed by atoms with Crippen LogP contribution in [0.5, 0.6) is 0 Å². The number of nitrogens with two attached hydrogens (primary N) is 1. The van der Waals surface area contributed by atoms with Crippen LogP contribution in [-0.4, -0.2) is 5.91 Å². The summed E-state index contributed by atoms with van der Waals surface area (Å²) in [6, 6.07) is 3.26. The maximum atomic E-state index is 13.0. The summed E-state index contributed by atoms with van der Waals surface area (Å²) in [4.78, 5) is 13.0. The number of hydrogen-bond donors (Lipinski definition) is 2. The lowest BCUT2D eigenvalue weighted by Gasteiger charge is -2.55. The molecule has 5 heteroatoms. The van der Waals surface area contributed by atoms with Gasteiger partial charge in [0.25, 0.3) is 0 Å². The minimum absolute atomic E-state index is 0.0974. The molecule has 3 nitrogen and oxygen atoms in total. The minimum Gasteiger partial charge on any atom is -0.399 e. The molecule has 1 aromatic carbocycles. The molecule has 0 unspecified atom stereocenters. The van der Waals surface area contributed by atoms with E-state index in [-0.39, 0.29) is 11.3 Å². The van der Waals surface area contributed by atoms with Crippen LogP contribution < -0.4 is 11.1 Å². The molecule has 0 aromatic heterocycles. The van der Waals surface area contributed by atoms with Gasteiger partial charge in [0, 0.05) is 5.69 Å². The van der Waals surface area contributed by atoms with Crippen LogP contribution in [-0.2, 0) is 4.79 Å². The number of nitrogen functional groups attached to an aromatic ring is 1. The molecule has 1 aromatic rings. The molecular formula is C17H20Cl2N2O. The Morgan fingerprint density at radius 1 is 1.05 bits per heavy atom. The fourth-order valence-corrected chi connectivity index (χ4v) is 5.95. The van der Waals surface area contributed by atoms with Gasteiger partial charge in [-0.05, 0) is 68.4 Å². The van der Waals surface area contributed by atoms with Gasteiger partial charge >= 0.3 is 0 Å². The Balaban J connectivity index is 1.60. The fraction of sp³-hybridized carbons (Fsp3) is 0.588. The van der Waals surface area contributed by atoms with Gasteiger partial charge in [-0.2, -0.15) is 0 Å². The van der Waals surface area contributed by atoms with Gasteiger partial charge in [0.05, 0.1) is 21.1 Å². The van der Waals surface area contributed by atoms with Gasteiger partial charge < -0.3 is 11.1 Å². The number of halogens is 2. The molecule has 5 rings (SSSR count). The third kappa shape index (κ3) is 2.30. The first-order valence-corrected chi connectivity index (χ1v) is 8.77. The zero-order valence-electron chi connectivity index (χ0n) is 12.4. The minimum atomic E-state index is -0.206. The number of carbonyl (C=O) groups is 1. The van der Waals surface area contributed by atoms with Crippen molar-refractivity contribution in [3.63, 3.8) is 0 Å². The Bertz CT molecular complexity index is 585. The molecule has 22 heavy (non-hydrogen) atoms. The SMILES string of the molecule is Nc1cc(Cl)c(NC(=O)C23CC4CC(CC(C4)C2)C3)c(Cl)c1. The van der Waals surface area contributed by atoms with E-state index in [1.165, 1.54) is 19.3 Å². The molecule has 4 aliphatic carbocycles.